The fraction of sp³-hybridized carbons (Fsp3) is 0.474. The Bertz CT molecular complexity index is 1050. The molecule has 2 aliphatic rings. The SMILES string of the molecule is Oc1ccc2c(c1)nc(C(F)F)n2-c1nc(N2CCOCC2)nc(N2CCOCC2)n1. The van der Waals surface area contributed by atoms with Gasteiger partial charge < -0.3 is 24.4 Å². The van der Waals surface area contributed by atoms with Gasteiger partial charge in [-0.2, -0.15) is 15.0 Å². The van der Waals surface area contributed by atoms with Crippen LogP contribution in [0.4, 0.5) is 20.7 Å². The van der Waals surface area contributed by atoms with E-state index < -0.39 is 12.2 Å². The molecule has 0 amide bonds. The summed E-state index contributed by atoms with van der Waals surface area (Å²) in [5.74, 6) is 0.303. The van der Waals surface area contributed by atoms with Gasteiger partial charge >= 0.3 is 0 Å². The number of aromatic hydroxyl groups is 1. The third-order valence-electron chi connectivity index (χ3n) is 5.25. The minimum absolute atomic E-state index is 0.0569. The van der Waals surface area contributed by atoms with Crippen molar-refractivity contribution < 1.29 is 23.4 Å². The molecule has 0 radical (unpaired) electrons. The maximum Gasteiger partial charge on any atom is 0.296 e. The van der Waals surface area contributed by atoms with Crippen molar-refractivity contribution in [2.45, 2.75) is 6.43 Å². The summed E-state index contributed by atoms with van der Waals surface area (Å²) in [5.41, 5.74) is 0.608. The number of phenols is 1. The Labute approximate surface area is 176 Å². The number of morpholine rings is 2. The molecule has 4 heterocycles. The van der Waals surface area contributed by atoms with Crippen molar-refractivity contribution in [2.24, 2.45) is 0 Å². The molecule has 10 nitrogen and oxygen atoms in total. The lowest BCUT2D eigenvalue weighted by molar-refractivity contribution is 0.121. The number of nitrogens with zero attached hydrogens (tertiary/aromatic N) is 7. The predicted octanol–water partition coefficient (Wildman–Crippen LogP) is 1.53. The topological polar surface area (TPSA) is 102 Å². The summed E-state index contributed by atoms with van der Waals surface area (Å²) in [7, 11) is 0. The zero-order valence-corrected chi connectivity index (χ0v) is 16.6. The van der Waals surface area contributed by atoms with Crippen LogP contribution in [0.3, 0.4) is 0 Å². The average Bonchev–Trinajstić information content (AvgIpc) is 3.19. The molecule has 12 heteroatoms. The fourth-order valence-corrected chi connectivity index (χ4v) is 3.70. The van der Waals surface area contributed by atoms with Crippen LogP contribution in [0.2, 0.25) is 0 Å². The van der Waals surface area contributed by atoms with Crippen molar-refractivity contribution in [2.75, 3.05) is 62.4 Å². The van der Waals surface area contributed by atoms with E-state index in [2.05, 4.69) is 19.9 Å². The van der Waals surface area contributed by atoms with E-state index in [1.165, 1.54) is 22.8 Å². The maximum atomic E-state index is 13.9. The molecule has 164 valence electrons. The number of anilines is 2. The van der Waals surface area contributed by atoms with E-state index in [9.17, 15) is 13.9 Å². The van der Waals surface area contributed by atoms with Crippen molar-refractivity contribution in [3.8, 4) is 11.7 Å². The van der Waals surface area contributed by atoms with E-state index in [1.54, 1.807) is 0 Å². The van der Waals surface area contributed by atoms with Crippen LogP contribution in [0.5, 0.6) is 5.75 Å². The summed E-state index contributed by atoms with van der Waals surface area (Å²) in [6.45, 7) is 4.48. The quantitative estimate of drug-likeness (QED) is 0.656. The van der Waals surface area contributed by atoms with Gasteiger partial charge in [-0.15, -0.1) is 0 Å². The van der Waals surface area contributed by atoms with Crippen molar-refractivity contribution >= 4 is 22.9 Å². The molecule has 1 N–H and O–H groups in total. The molecule has 0 aliphatic carbocycles. The fourth-order valence-electron chi connectivity index (χ4n) is 3.70. The van der Waals surface area contributed by atoms with Crippen LogP contribution in [-0.2, 0) is 9.47 Å². The Balaban J connectivity index is 1.68. The highest BCUT2D eigenvalue weighted by atomic mass is 19.3. The number of fused-ring (bicyclic) bond motifs is 1. The summed E-state index contributed by atoms with van der Waals surface area (Å²) >= 11 is 0. The van der Waals surface area contributed by atoms with E-state index >= 15 is 0 Å². The van der Waals surface area contributed by atoms with Gasteiger partial charge in [0.15, 0.2) is 5.82 Å². The summed E-state index contributed by atoms with van der Waals surface area (Å²) in [4.78, 5) is 21.6. The maximum absolute atomic E-state index is 13.9. The van der Waals surface area contributed by atoms with Crippen LogP contribution < -0.4 is 9.80 Å². The number of alkyl halides is 2. The molecule has 0 saturated carbocycles. The third-order valence-corrected chi connectivity index (χ3v) is 5.25. The summed E-state index contributed by atoms with van der Waals surface area (Å²) in [5, 5.41) is 9.75. The van der Waals surface area contributed by atoms with Crippen LogP contribution in [0.15, 0.2) is 18.2 Å². The van der Waals surface area contributed by atoms with Crippen molar-refractivity contribution in [3.05, 3.63) is 24.0 Å². The largest absolute Gasteiger partial charge is 0.508 e. The molecule has 2 saturated heterocycles. The van der Waals surface area contributed by atoms with Crippen molar-refractivity contribution in [3.63, 3.8) is 0 Å². The standard InChI is InChI=1S/C19H21F2N7O3/c20-15(21)16-22-13-11-12(29)1-2-14(13)28(16)19-24-17(26-3-7-30-8-4-26)23-18(25-19)27-5-9-31-10-6-27/h1-2,11,15,29H,3-10H2. The first-order valence-corrected chi connectivity index (χ1v) is 10.0. The van der Waals surface area contributed by atoms with E-state index in [1.807, 2.05) is 9.80 Å². The molecule has 31 heavy (non-hydrogen) atoms. The van der Waals surface area contributed by atoms with Gasteiger partial charge in [0, 0.05) is 32.2 Å². The van der Waals surface area contributed by atoms with Gasteiger partial charge in [0.05, 0.1) is 37.5 Å². The number of phenolic OH excluding ortho intramolecular Hbond substituents is 1. The molecule has 0 atom stereocenters. The molecule has 5 rings (SSSR count). The number of ether oxygens (including phenoxy) is 2. The first-order valence-electron chi connectivity index (χ1n) is 10.0. The monoisotopic (exact) mass is 433 g/mol. The zero-order chi connectivity index (χ0) is 21.4. The Hall–Kier alpha value is -3.12. The van der Waals surface area contributed by atoms with Gasteiger partial charge in [0.25, 0.3) is 6.43 Å². The van der Waals surface area contributed by atoms with Gasteiger partial charge in [-0.3, -0.25) is 4.57 Å². The van der Waals surface area contributed by atoms with Gasteiger partial charge in [-0.05, 0) is 12.1 Å². The highest BCUT2D eigenvalue weighted by molar-refractivity contribution is 5.79. The first-order chi connectivity index (χ1) is 15.1. The number of hydrogen-bond donors (Lipinski definition) is 1. The summed E-state index contributed by atoms with van der Waals surface area (Å²) in [6, 6.07) is 4.28. The molecule has 3 aromatic rings. The second-order valence-corrected chi connectivity index (χ2v) is 7.21. The third kappa shape index (κ3) is 3.83. The van der Waals surface area contributed by atoms with E-state index in [0.717, 1.165) is 0 Å². The molecule has 1 aromatic carbocycles. The smallest absolute Gasteiger partial charge is 0.296 e. The molecule has 2 fully saturated rings. The van der Waals surface area contributed by atoms with Crippen LogP contribution in [0.25, 0.3) is 17.0 Å². The van der Waals surface area contributed by atoms with Gasteiger partial charge in [0.1, 0.15) is 5.75 Å². The molecule has 0 spiro atoms. The Morgan fingerprint density at radius 1 is 0.806 bits per heavy atom. The summed E-state index contributed by atoms with van der Waals surface area (Å²) in [6.07, 6.45) is -2.86. The van der Waals surface area contributed by atoms with Gasteiger partial charge in [-0.1, -0.05) is 0 Å². The summed E-state index contributed by atoms with van der Waals surface area (Å²) < 4.78 is 39.8. The van der Waals surface area contributed by atoms with E-state index in [-0.39, 0.29) is 17.2 Å². The molecule has 0 unspecified atom stereocenters. The van der Waals surface area contributed by atoms with Crippen LogP contribution >= 0.6 is 0 Å². The number of halogens is 2. The lowest BCUT2D eigenvalue weighted by Crippen LogP contribution is -2.40. The van der Waals surface area contributed by atoms with Crippen LogP contribution in [0.1, 0.15) is 12.2 Å². The normalized spacial score (nSPS) is 17.6. The predicted molar refractivity (Wildman–Crippen MR) is 107 cm³/mol. The second kappa shape index (κ2) is 8.19. The van der Waals surface area contributed by atoms with Crippen LogP contribution in [0, 0.1) is 0 Å². The van der Waals surface area contributed by atoms with Crippen molar-refractivity contribution in [1.29, 1.82) is 0 Å². The number of hydrogen-bond acceptors (Lipinski definition) is 9. The molecule has 0 bridgehead atoms. The van der Waals surface area contributed by atoms with Gasteiger partial charge in [0.2, 0.25) is 17.8 Å². The zero-order valence-electron chi connectivity index (χ0n) is 16.6. The number of aromatic nitrogens is 5. The molecule has 2 aliphatic heterocycles. The Kier molecular flexibility index (Phi) is 5.24. The highest BCUT2D eigenvalue weighted by Crippen LogP contribution is 2.30. The van der Waals surface area contributed by atoms with Gasteiger partial charge in [-0.25, -0.2) is 13.8 Å². The lowest BCUT2D eigenvalue weighted by Gasteiger charge is -2.30. The molecule has 2 aromatic heterocycles. The minimum Gasteiger partial charge on any atom is -0.508 e. The number of benzene rings is 1. The van der Waals surface area contributed by atoms with E-state index in [4.69, 9.17) is 9.47 Å². The number of imidazole rings is 1. The second-order valence-electron chi connectivity index (χ2n) is 7.21. The Morgan fingerprint density at radius 3 is 1.90 bits per heavy atom. The van der Waals surface area contributed by atoms with Crippen molar-refractivity contribution in [1.82, 2.24) is 24.5 Å². The van der Waals surface area contributed by atoms with E-state index in [0.29, 0.717) is 70.0 Å². The first kappa shape index (κ1) is 19.8. The minimum atomic E-state index is -2.86. The molecular formula is C19H21F2N7O3. The highest BCUT2D eigenvalue weighted by Gasteiger charge is 2.26. The average molecular weight is 433 g/mol. The Morgan fingerprint density at radius 2 is 1.35 bits per heavy atom. The number of rotatable bonds is 4. The lowest BCUT2D eigenvalue weighted by atomic mass is 10.3. The van der Waals surface area contributed by atoms with Crippen LogP contribution in [-0.4, -0.2) is 82.2 Å². The molecular weight excluding hydrogens is 412 g/mol.